The van der Waals surface area contributed by atoms with Crippen molar-refractivity contribution in [2.75, 3.05) is 6.26 Å². The highest BCUT2D eigenvalue weighted by molar-refractivity contribution is 7.98. The summed E-state index contributed by atoms with van der Waals surface area (Å²) in [5, 5.41) is 8.94. The van der Waals surface area contributed by atoms with Crippen LogP contribution in [0, 0.1) is 6.92 Å². The van der Waals surface area contributed by atoms with Crippen LogP contribution in [0.1, 0.15) is 21.9 Å². The number of carboxylic acids is 1. The fourth-order valence-electron chi connectivity index (χ4n) is 2.46. The Hall–Kier alpha value is -2.66. The smallest absolute Gasteiger partial charge is 0.371 e. The maximum atomic E-state index is 10.9. The number of carboxylic acid groups (broad SMARTS) is 1. The van der Waals surface area contributed by atoms with Gasteiger partial charge in [-0.15, -0.1) is 11.8 Å². The van der Waals surface area contributed by atoms with E-state index in [0.717, 1.165) is 22.4 Å². The van der Waals surface area contributed by atoms with Crippen molar-refractivity contribution in [3.05, 3.63) is 71.7 Å². The van der Waals surface area contributed by atoms with Crippen LogP contribution < -0.4 is 4.74 Å². The van der Waals surface area contributed by atoms with E-state index < -0.39 is 5.97 Å². The second kappa shape index (κ2) is 7.49. The van der Waals surface area contributed by atoms with Gasteiger partial charge >= 0.3 is 5.97 Å². The third-order valence-corrected chi connectivity index (χ3v) is 4.65. The minimum absolute atomic E-state index is 0.0693. The van der Waals surface area contributed by atoms with Crippen molar-refractivity contribution in [2.24, 2.45) is 0 Å². The van der Waals surface area contributed by atoms with Gasteiger partial charge in [-0.25, -0.2) is 4.79 Å². The molecule has 0 atom stereocenters. The summed E-state index contributed by atoms with van der Waals surface area (Å²) in [4.78, 5) is 12.2. The average molecular weight is 354 g/mol. The van der Waals surface area contributed by atoms with E-state index in [1.807, 2.05) is 24.3 Å². The van der Waals surface area contributed by atoms with Crippen LogP contribution in [0.25, 0.3) is 11.1 Å². The van der Waals surface area contributed by atoms with E-state index in [1.165, 1.54) is 11.0 Å². The minimum atomic E-state index is -1.08. The number of rotatable bonds is 6. The number of ether oxygens (including phenoxy) is 1. The zero-order valence-corrected chi connectivity index (χ0v) is 14.8. The molecule has 0 spiro atoms. The molecule has 0 bridgehead atoms. The second-order valence-corrected chi connectivity index (χ2v) is 6.42. The molecule has 0 fully saturated rings. The summed E-state index contributed by atoms with van der Waals surface area (Å²) in [6.45, 7) is 2.00. The molecule has 0 unspecified atom stereocenters. The van der Waals surface area contributed by atoms with Gasteiger partial charge in [0.25, 0.3) is 0 Å². The standard InChI is InChI=1S/C20H18O4S/c1-13-16(11-19(24-13)20(21)22)12-23-17-7-3-14(4-8-17)15-5-9-18(25-2)10-6-15/h3-11H,12H2,1-2H3,(H,21,22). The molecule has 0 saturated heterocycles. The molecule has 0 aliphatic carbocycles. The van der Waals surface area contributed by atoms with Crippen LogP contribution in [-0.2, 0) is 6.61 Å². The molecule has 1 heterocycles. The van der Waals surface area contributed by atoms with Crippen molar-refractivity contribution in [1.82, 2.24) is 0 Å². The Labute approximate surface area is 150 Å². The maximum absolute atomic E-state index is 10.9. The summed E-state index contributed by atoms with van der Waals surface area (Å²) in [5.41, 5.74) is 3.00. The molecule has 1 N–H and O–H groups in total. The van der Waals surface area contributed by atoms with Crippen molar-refractivity contribution < 1.29 is 19.1 Å². The van der Waals surface area contributed by atoms with Crippen molar-refractivity contribution in [3.8, 4) is 16.9 Å². The zero-order chi connectivity index (χ0) is 17.8. The third-order valence-electron chi connectivity index (χ3n) is 3.90. The van der Waals surface area contributed by atoms with Crippen LogP contribution in [0.15, 0.2) is 63.9 Å². The number of hydrogen-bond donors (Lipinski definition) is 1. The van der Waals surface area contributed by atoms with Crippen molar-refractivity contribution in [3.63, 3.8) is 0 Å². The van der Waals surface area contributed by atoms with Gasteiger partial charge in [0, 0.05) is 10.5 Å². The quantitative estimate of drug-likeness (QED) is 0.612. The first-order valence-corrected chi connectivity index (χ1v) is 8.99. The lowest BCUT2D eigenvalue weighted by molar-refractivity contribution is 0.0661. The van der Waals surface area contributed by atoms with Gasteiger partial charge in [-0.2, -0.15) is 0 Å². The van der Waals surface area contributed by atoms with Crippen LogP contribution >= 0.6 is 11.8 Å². The Morgan fingerprint density at radius 3 is 2.20 bits per heavy atom. The van der Waals surface area contributed by atoms with Crippen molar-refractivity contribution >= 4 is 17.7 Å². The fraction of sp³-hybridized carbons (Fsp3) is 0.150. The zero-order valence-electron chi connectivity index (χ0n) is 14.0. The molecule has 5 heteroatoms. The lowest BCUT2D eigenvalue weighted by atomic mass is 10.1. The van der Waals surface area contributed by atoms with Gasteiger partial charge in [0.2, 0.25) is 5.76 Å². The van der Waals surface area contributed by atoms with Crippen LogP contribution in [0.3, 0.4) is 0 Å². The summed E-state index contributed by atoms with van der Waals surface area (Å²) in [6.07, 6.45) is 2.06. The number of furan rings is 1. The summed E-state index contributed by atoms with van der Waals surface area (Å²) in [7, 11) is 0. The number of hydrogen-bond acceptors (Lipinski definition) is 4. The van der Waals surface area contributed by atoms with Crippen molar-refractivity contribution in [1.29, 1.82) is 0 Å². The molecule has 25 heavy (non-hydrogen) atoms. The highest BCUT2D eigenvalue weighted by Crippen LogP contribution is 2.25. The predicted molar refractivity (Wildman–Crippen MR) is 98.4 cm³/mol. The second-order valence-electron chi connectivity index (χ2n) is 5.54. The fourth-order valence-corrected chi connectivity index (χ4v) is 2.86. The van der Waals surface area contributed by atoms with E-state index in [1.54, 1.807) is 18.7 Å². The molecule has 128 valence electrons. The van der Waals surface area contributed by atoms with E-state index >= 15 is 0 Å². The normalized spacial score (nSPS) is 10.6. The first-order valence-electron chi connectivity index (χ1n) is 7.76. The molecule has 2 aromatic carbocycles. The lowest BCUT2D eigenvalue weighted by Crippen LogP contribution is -1.96. The monoisotopic (exact) mass is 354 g/mol. The molecule has 4 nitrogen and oxygen atoms in total. The molecule has 1 aromatic heterocycles. The molecule has 0 saturated carbocycles. The predicted octanol–water partition coefficient (Wildman–Crippen LogP) is 5.25. The Morgan fingerprint density at radius 1 is 1.08 bits per heavy atom. The molecule has 0 amide bonds. The minimum Gasteiger partial charge on any atom is -0.489 e. The first-order chi connectivity index (χ1) is 12.1. The molecule has 0 aliphatic rings. The molecule has 0 radical (unpaired) electrons. The van der Waals surface area contributed by atoms with E-state index in [0.29, 0.717) is 5.76 Å². The van der Waals surface area contributed by atoms with Crippen LogP contribution in [0.4, 0.5) is 0 Å². The lowest BCUT2D eigenvalue weighted by Gasteiger charge is -2.07. The first kappa shape index (κ1) is 17.2. The Morgan fingerprint density at radius 2 is 1.68 bits per heavy atom. The molecular weight excluding hydrogens is 336 g/mol. The summed E-state index contributed by atoms with van der Waals surface area (Å²) < 4.78 is 10.9. The Bertz CT molecular complexity index is 864. The summed E-state index contributed by atoms with van der Waals surface area (Å²) >= 11 is 1.72. The number of aryl methyl sites for hydroxylation is 1. The highest BCUT2D eigenvalue weighted by atomic mass is 32.2. The third kappa shape index (κ3) is 4.06. The summed E-state index contributed by atoms with van der Waals surface area (Å²) in [5.74, 6) is 0.135. The van der Waals surface area contributed by atoms with Gasteiger partial charge in [-0.1, -0.05) is 24.3 Å². The highest BCUT2D eigenvalue weighted by Gasteiger charge is 2.13. The van der Waals surface area contributed by atoms with E-state index in [-0.39, 0.29) is 12.4 Å². The number of thioether (sulfide) groups is 1. The molecule has 3 aromatic rings. The van der Waals surface area contributed by atoms with E-state index in [4.69, 9.17) is 14.3 Å². The van der Waals surface area contributed by atoms with Crippen LogP contribution in [-0.4, -0.2) is 17.3 Å². The van der Waals surface area contributed by atoms with Gasteiger partial charge in [-0.3, -0.25) is 0 Å². The largest absolute Gasteiger partial charge is 0.489 e. The SMILES string of the molecule is CSc1ccc(-c2ccc(OCc3cc(C(=O)O)oc3C)cc2)cc1. The topological polar surface area (TPSA) is 59.7 Å². The van der Waals surface area contributed by atoms with Gasteiger partial charge in [-0.05, 0) is 54.6 Å². The van der Waals surface area contributed by atoms with Gasteiger partial charge in [0.1, 0.15) is 18.1 Å². The van der Waals surface area contributed by atoms with Gasteiger partial charge in [0.05, 0.1) is 0 Å². The molecule has 3 rings (SSSR count). The van der Waals surface area contributed by atoms with Crippen molar-refractivity contribution in [2.45, 2.75) is 18.4 Å². The van der Waals surface area contributed by atoms with E-state index in [2.05, 4.69) is 30.5 Å². The summed E-state index contributed by atoms with van der Waals surface area (Å²) in [6, 6.07) is 17.7. The van der Waals surface area contributed by atoms with Gasteiger partial charge < -0.3 is 14.3 Å². The average Bonchev–Trinajstić information content (AvgIpc) is 3.02. The molecule has 0 aliphatic heterocycles. The number of benzene rings is 2. The Balaban J connectivity index is 1.67. The van der Waals surface area contributed by atoms with Gasteiger partial charge in [0.15, 0.2) is 0 Å². The molecular formula is C20H18O4S. The number of aromatic carboxylic acids is 1. The van der Waals surface area contributed by atoms with Crippen LogP contribution in [0.5, 0.6) is 5.75 Å². The van der Waals surface area contributed by atoms with Crippen LogP contribution in [0.2, 0.25) is 0 Å². The maximum Gasteiger partial charge on any atom is 0.371 e. The Kier molecular flexibility index (Phi) is 5.14. The van der Waals surface area contributed by atoms with E-state index in [9.17, 15) is 4.79 Å². The number of carbonyl (C=O) groups is 1.